The van der Waals surface area contributed by atoms with Crippen LogP contribution in [0.4, 0.5) is 4.79 Å². The molecular formula is C15H22N2O2. The third-order valence-corrected chi connectivity index (χ3v) is 3.16. The first kappa shape index (κ1) is 13.8. The maximum absolute atomic E-state index is 12.3. The number of likely N-dealkylation sites (tertiary alicyclic amines) is 1. The minimum Gasteiger partial charge on any atom is -0.444 e. The normalized spacial score (nSPS) is 20.2. The number of amides is 1. The zero-order valence-corrected chi connectivity index (χ0v) is 11.9. The van der Waals surface area contributed by atoms with E-state index in [0.29, 0.717) is 0 Å². The summed E-state index contributed by atoms with van der Waals surface area (Å²) < 4.78 is 5.49. The van der Waals surface area contributed by atoms with Gasteiger partial charge in [0.2, 0.25) is 0 Å². The highest BCUT2D eigenvalue weighted by Gasteiger charge is 2.31. The van der Waals surface area contributed by atoms with Crippen molar-refractivity contribution in [3.05, 3.63) is 30.1 Å². The molecule has 1 saturated heterocycles. The molecule has 1 atom stereocenters. The lowest BCUT2D eigenvalue weighted by Gasteiger charge is -2.36. The van der Waals surface area contributed by atoms with Gasteiger partial charge in [-0.25, -0.2) is 4.79 Å². The molecule has 0 radical (unpaired) electrons. The van der Waals surface area contributed by atoms with Crippen LogP contribution in [-0.4, -0.2) is 28.1 Å². The number of nitrogens with zero attached hydrogens (tertiary/aromatic N) is 2. The number of hydrogen-bond donors (Lipinski definition) is 0. The van der Waals surface area contributed by atoms with Gasteiger partial charge in [0.1, 0.15) is 5.60 Å². The van der Waals surface area contributed by atoms with Gasteiger partial charge in [-0.3, -0.25) is 9.88 Å². The summed E-state index contributed by atoms with van der Waals surface area (Å²) >= 11 is 0. The lowest BCUT2D eigenvalue weighted by atomic mass is 9.99. The van der Waals surface area contributed by atoms with Gasteiger partial charge in [0.15, 0.2) is 0 Å². The van der Waals surface area contributed by atoms with Gasteiger partial charge >= 0.3 is 6.09 Å². The molecular weight excluding hydrogens is 240 g/mol. The zero-order chi connectivity index (χ0) is 13.9. The first-order chi connectivity index (χ1) is 8.97. The number of ether oxygens (including phenoxy) is 1. The van der Waals surface area contributed by atoms with Gasteiger partial charge in [-0.05, 0) is 52.2 Å². The molecule has 1 aliphatic heterocycles. The number of pyridine rings is 1. The van der Waals surface area contributed by atoms with Crippen LogP contribution in [0, 0.1) is 0 Å². The molecule has 4 nitrogen and oxygen atoms in total. The number of carbonyl (C=O) groups excluding carboxylic acids is 1. The van der Waals surface area contributed by atoms with Crippen LogP contribution in [0.5, 0.6) is 0 Å². The molecule has 0 bridgehead atoms. The van der Waals surface area contributed by atoms with Gasteiger partial charge in [-0.15, -0.1) is 0 Å². The van der Waals surface area contributed by atoms with Crippen molar-refractivity contribution in [1.29, 1.82) is 0 Å². The second-order valence-corrected chi connectivity index (χ2v) is 5.94. The molecule has 0 unspecified atom stereocenters. The van der Waals surface area contributed by atoms with Crippen LogP contribution in [0.2, 0.25) is 0 Å². The van der Waals surface area contributed by atoms with Crippen LogP contribution in [-0.2, 0) is 4.74 Å². The molecule has 0 N–H and O–H groups in total. The van der Waals surface area contributed by atoms with E-state index in [1.165, 1.54) is 0 Å². The Balaban J connectivity index is 2.15. The van der Waals surface area contributed by atoms with E-state index in [4.69, 9.17) is 4.74 Å². The van der Waals surface area contributed by atoms with E-state index >= 15 is 0 Å². The lowest BCUT2D eigenvalue weighted by Crippen LogP contribution is -2.42. The van der Waals surface area contributed by atoms with Crippen LogP contribution in [0.3, 0.4) is 0 Å². The number of hydrogen-bond acceptors (Lipinski definition) is 3. The highest BCUT2D eigenvalue weighted by Crippen LogP contribution is 2.30. The molecule has 2 heterocycles. The van der Waals surface area contributed by atoms with Crippen molar-refractivity contribution in [3.63, 3.8) is 0 Å². The topological polar surface area (TPSA) is 42.4 Å². The Bertz CT molecular complexity index is 426. The maximum Gasteiger partial charge on any atom is 0.410 e. The van der Waals surface area contributed by atoms with Crippen LogP contribution in [0.15, 0.2) is 24.4 Å². The fourth-order valence-electron chi connectivity index (χ4n) is 2.35. The van der Waals surface area contributed by atoms with E-state index < -0.39 is 5.60 Å². The van der Waals surface area contributed by atoms with E-state index in [2.05, 4.69) is 4.98 Å². The lowest BCUT2D eigenvalue weighted by molar-refractivity contribution is 0.00901. The Morgan fingerprint density at radius 1 is 1.37 bits per heavy atom. The molecule has 0 spiro atoms. The summed E-state index contributed by atoms with van der Waals surface area (Å²) in [6.07, 6.45) is 4.65. The Morgan fingerprint density at radius 2 is 2.16 bits per heavy atom. The Labute approximate surface area is 114 Å². The zero-order valence-electron chi connectivity index (χ0n) is 11.9. The predicted molar refractivity (Wildman–Crippen MR) is 73.8 cm³/mol. The molecule has 1 amide bonds. The molecule has 1 aromatic heterocycles. The van der Waals surface area contributed by atoms with Crippen LogP contribution >= 0.6 is 0 Å². The molecule has 0 aromatic carbocycles. The average Bonchev–Trinajstić information content (AvgIpc) is 2.38. The van der Waals surface area contributed by atoms with Crippen molar-refractivity contribution in [3.8, 4) is 0 Å². The van der Waals surface area contributed by atoms with Crippen molar-refractivity contribution < 1.29 is 9.53 Å². The van der Waals surface area contributed by atoms with Gasteiger partial charge in [-0.1, -0.05) is 6.07 Å². The summed E-state index contributed by atoms with van der Waals surface area (Å²) in [6.45, 7) is 6.43. The smallest absolute Gasteiger partial charge is 0.410 e. The summed E-state index contributed by atoms with van der Waals surface area (Å²) in [6, 6.07) is 5.88. The fourth-order valence-corrected chi connectivity index (χ4v) is 2.35. The minimum atomic E-state index is -0.455. The Kier molecular flexibility index (Phi) is 4.08. The van der Waals surface area contributed by atoms with Crippen LogP contribution in [0.25, 0.3) is 0 Å². The third-order valence-electron chi connectivity index (χ3n) is 3.16. The van der Waals surface area contributed by atoms with E-state index in [-0.39, 0.29) is 12.1 Å². The summed E-state index contributed by atoms with van der Waals surface area (Å²) in [5.74, 6) is 0. The van der Waals surface area contributed by atoms with Crippen LogP contribution in [0.1, 0.15) is 51.8 Å². The number of rotatable bonds is 1. The second kappa shape index (κ2) is 5.59. The van der Waals surface area contributed by atoms with E-state index in [1.807, 2.05) is 43.9 Å². The molecule has 104 valence electrons. The fraction of sp³-hybridized carbons (Fsp3) is 0.600. The SMILES string of the molecule is CC(C)(C)OC(=O)N1CCCC[C@H]1c1ccccn1. The summed E-state index contributed by atoms with van der Waals surface area (Å²) in [5.41, 5.74) is 0.497. The van der Waals surface area contributed by atoms with Crippen LogP contribution < -0.4 is 0 Å². The molecule has 0 saturated carbocycles. The van der Waals surface area contributed by atoms with Gasteiger partial charge < -0.3 is 4.74 Å². The highest BCUT2D eigenvalue weighted by molar-refractivity contribution is 5.69. The quantitative estimate of drug-likeness (QED) is 0.777. The number of aromatic nitrogens is 1. The van der Waals surface area contributed by atoms with Crippen molar-refractivity contribution >= 4 is 6.09 Å². The van der Waals surface area contributed by atoms with E-state index in [0.717, 1.165) is 31.5 Å². The van der Waals surface area contributed by atoms with Crippen molar-refractivity contribution in [2.24, 2.45) is 0 Å². The predicted octanol–water partition coefficient (Wildman–Crippen LogP) is 3.54. The average molecular weight is 262 g/mol. The minimum absolute atomic E-state index is 0.0461. The molecule has 1 fully saturated rings. The first-order valence-electron chi connectivity index (χ1n) is 6.88. The van der Waals surface area contributed by atoms with Gasteiger partial charge in [0, 0.05) is 12.7 Å². The van der Waals surface area contributed by atoms with Crippen molar-refractivity contribution in [2.45, 2.75) is 51.7 Å². The standard InChI is InChI=1S/C15H22N2O2/c1-15(2,3)19-14(18)17-11-7-5-9-13(17)12-8-4-6-10-16-12/h4,6,8,10,13H,5,7,9,11H2,1-3H3/t13-/m0/s1. The summed E-state index contributed by atoms with van der Waals surface area (Å²) in [4.78, 5) is 18.5. The van der Waals surface area contributed by atoms with Gasteiger partial charge in [-0.2, -0.15) is 0 Å². The molecule has 2 rings (SSSR count). The highest BCUT2D eigenvalue weighted by atomic mass is 16.6. The van der Waals surface area contributed by atoms with Gasteiger partial charge in [0.25, 0.3) is 0 Å². The Morgan fingerprint density at radius 3 is 2.79 bits per heavy atom. The van der Waals surface area contributed by atoms with E-state index in [9.17, 15) is 4.79 Å². The van der Waals surface area contributed by atoms with E-state index in [1.54, 1.807) is 6.20 Å². The summed E-state index contributed by atoms with van der Waals surface area (Å²) in [7, 11) is 0. The van der Waals surface area contributed by atoms with Crippen molar-refractivity contribution in [2.75, 3.05) is 6.54 Å². The Hall–Kier alpha value is -1.58. The van der Waals surface area contributed by atoms with Gasteiger partial charge in [0.05, 0.1) is 11.7 Å². The molecule has 4 heteroatoms. The summed E-state index contributed by atoms with van der Waals surface area (Å²) in [5, 5.41) is 0. The third kappa shape index (κ3) is 3.69. The number of carbonyl (C=O) groups is 1. The van der Waals surface area contributed by atoms with Crippen molar-refractivity contribution in [1.82, 2.24) is 9.88 Å². The molecule has 1 aliphatic rings. The first-order valence-corrected chi connectivity index (χ1v) is 6.88. The molecule has 19 heavy (non-hydrogen) atoms. The molecule has 1 aromatic rings. The monoisotopic (exact) mass is 262 g/mol. The number of piperidine rings is 1. The molecule has 0 aliphatic carbocycles. The second-order valence-electron chi connectivity index (χ2n) is 5.94. The maximum atomic E-state index is 12.3. The largest absolute Gasteiger partial charge is 0.444 e.